The third-order valence-corrected chi connectivity index (χ3v) is 3.93. The van der Waals surface area contributed by atoms with E-state index in [4.69, 9.17) is 9.15 Å². The van der Waals surface area contributed by atoms with Gasteiger partial charge in [-0.15, -0.1) is 0 Å². The van der Waals surface area contributed by atoms with Crippen LogP contribution < -0.4 is 0 Å². The zero-order chi connectivity index (χ0) is 16.4. The lowest BCUT2D eigenvalue weighted by Gasteiger charge is -2.23. The molecule has 2 unspecified atom stereocenters. The van der Waals surface area contributed by atoms with E-state index in [1.165, 1.54) is 17.0 Å². The van der Waals surface area contributed by atoms with Gasteiger partial charge in [0.25, 0.3) is 5.91 Å². The minimum Gasteiger partial charge on any atom is -0.453 e. The lowest BCUT2D eigenvalue weighted by atomic mass is 10.0. The van der Waals surface area contributed by atoms with Gasteiger partial charge < -0.3 is 19.2 Å². The van der Waals surface area contributed by atoms with E-state index in [0.29, 0.717) is 17.7 Å². The number of hydrogen-bond donors (Lipinski definition) is 1. The highest BCUT2D eigenvalue weighted by atomic mass is 19.1. The van der Waals surface area contributed by atoms with Crippen molar-refractivity contribution in [2.75, 3.05) is 13.7 Å². The topological polar surface area (TPSA) is 62.9 Å². The van der Waals surface area contributed by atoms with Crippen LogP contribution in [0.4, 0.5) is 4.39 Å². The zero-order valence-corrected chi connectivity index (χ0v) is 12.7. The Kier molecular flexibility index (Phi) is 4.45. The first-order valence-electron chi connectivity index (χ1n) is 7.40. The first kappa shape index (κ1) is 15.7. The molecule has 2 aromatic rings. The van der Waals surface area contributed by atoms with Crippen LogP contribution in [0.2, 0.25) is 0 Å². The van der Waals surface area contributed by atoms with Crippen molar-refractivity contribution >= 4 is 5.91 Å². The Morgan fingerprint density at radius 1 is 1.43 bits per heavy atom. The summed E-state index contributed by atoms with van der Waals surface area (Å²) in [6.07, 6.45) is -0.262. The molecular weight excluding hydrogens is 301 g/mol. The average Bonchev–Trinajstić information content (AvgIpc) is 3.14. The molecule has 23 heavy (non-hydrogen) atoms. The highest BCUT2D eigenvalue weighted by molar-refractivity contribution is 5.92. The van der Waals surface area contributed by atoms with Gasteiger partial charge in [-0.2, -0.15) is 0 Å². The molecule has 1 N–H and O–H groups in total. The molecule has 1 aromatic carbocycles. The van der Waals surface area contributed by atoms with Crippen molar-refractivity contribution < 1.29 is 23.4 Å². The SMILES string of the molecule is COCc1ccc(C(=O)N2CC(O)CC2c2cccc(F)c2)o1. The number of β-amino-alcohol motifs (C(OH)–C–C–N with tert-alkyl or cyclic N) is 1. The van der Waals surface area contributed by atoms with E-state index < -0.39 is 6.10 Å². The van der Waals surface area contributed by atoms with E-state index >= 15 is 0 Å². The molecule has 2 heterocycles. The molecule has 1 fully saturated rings. The van der Waals surface area contributed by atoms with Gasteiger partial charge in [-0.3, -0.25) is 4.79 Å². The molecule has 0 bridgehead atoms. The summed E-state index contributed by atoms with van der Waals surface area (Å²) in [5.41, 5.74) is 0.665. The summed E-state index contributed by atoms with van der Waals surface area (Å²) in [5, 5.41) is 9.95. The predicted octanol–water partition coefficient (Wildman–Crippen LogP) is 2.51. The van der Waals surface area contributed by atoms with E-state index in [1.807, 2.05) is 0 Å². The van der Waals surface area contributed by atoms with Crippen LogP contribution in [0, 0.1) is 5.82 Å². The second-order valence-electron chi connectivity index (χ2n) is 5.62. The third kappa shape index (κ3) is 3.28. The van der Waals surface area contributed by atoms with E-state index in [1.54, 1.807) is 31.4 Å². The van der Waals surface area contributed by atoms with Gasteiger partial charge in [0.1, 0.15) is 18.2 Å². The van der Waals surface area contributed by atoms with Gasteiger partial charge >= 0.3 is 0 Å². The second kappa shape index (κ2) is 6.52. The molecule has 1 saturated heterocycles. The quantitative estimate of drug-likeness (QED) is 0.940. The number of methoxy groups -OCH3 is 1. The van der Waals surface area contributed by atoms with Gasteiger partial charge in [0.05, 0.1) is 12.1 Å². The Labute approximate surface area is 133 Å². The van der Waals surface area contributed by atoms with Crippen molar-refractivity contribution in [1.29, 1.82) is 0 Å². The Balaban J connectivity index is 1.85. The second-order valence-corrected chi connectivity index (χ2v) is 5.62. The highest BCUT2D eigenvalue weighted by Crippen LogP contribution is 2.33. The van der Waals surface area contributed by atoms with Crippen LogP contribution in [0.15, 0.2) is 40.8 Å². The lowest BCUT2D eigenvalue weighted by Crippen LogP contribution is -2.31. The van der Waals surface area contributed by atoms with Crippen molar-refractivity contribution in [1.82, 2.24) is 4.90 Å². The van der Waals surface area contributed by atoms with Crippen molar-refractivity contribution in [2.45, 2.75) is 25.2 Å². The van der Waals surface area contributed by atoms with Crippen molar-refractivity contribution in [2.24, 2.45) is 0 Å². The summed E-state index contributed by atoms with van der Waals surface area (Å²) >= 11 is 0. The number of aliphatic hydroxyl groups is 1. The largest absolute Gasteiger partial charge is 0.453 e. The molecule has 1 aliphatic heterocycles. The number of furan rings is 1. The monoisotopic (exact) mass is 319 g/mol. The third-order valence-electron chi connectivity index (χ3n) is 3.93. The molecule has 1 amide bonds. The van der Waals surface area contributed by atoms with E-state index in [2.05, 4.69) is 0 Å². The molecule has 3 rings (SSSR count). The number of ether oxygens (including phenoxy) is 1. The maximum Gasteiger partial charge on any atom is 0.290 e. The molecule has 0 spiro atoms. The molecule has 6 heteroatoms. The fourth-order valence-electron chi connectivity index (χ4n) is 2.92. The lowest BCUT2D eigenvalue weighted by molar-refractivity contribution is 0.0676. The Morgan fingerprint density at radius 2 is 2.26 bits per heavy atom. The first-order valence-corrected chi connectivity index (χ1v) is 7.40. The van der Waals surface area contributed by atoms with E-state index in [9.17, 15) is 14.3 Å². The number of halogens is 1. The number of carbonyl (C=O) groups is 1. The number of likely N-dealkylation sites (tertiary alicyclic amines) is 1. The molecule has 0 saturated carbocycles. The number of benzene rings is 1. The molecular formula is C17H18FNO4. The summed E-state index contributed by atoms with van der Waals surface area (Å²) in [5.74, 6) is 0.0558. The Hall–Kier alpha value is -2.18. The van der Waals surface area contributed by atoms with Gasteiger partial charge in [-0.1, -0.05) is 12.1 Å². The predicted molar refractivity (Wildman–Crippen MR) is 80.2 cm³/mol. The maximum absolute atomic E-state index is 13.5. The van der Waals surface area contributed by atoms with Crippen molar-refractivity contribution in [3.05, 3.63) is 59.3 Å². The van der Waals surface area contributed by atoms with Gasteiger partial charge in [0, 0.05) is 13.7 Å². The molecule has 1 aliphatic rings. The van der Waals surface area contributed by atoms with Gasteiger partial charge in [0.2, 0.25) is 0 Å². The first-order chi connectivity index (χ1) is 11.1. The van der Waals surface area contributed by atoms with Crippen LogP contribution in [-0.4, -0.2) is 35.7 Å². The standard InChI is InChI=1S/C17H18FNO4/c1-22-10-14-5-6-16(23-14)17(21)19-9-13(20)8-15(19)11-3-2-4-12(18)7-11/h2-7,13,15,20H,8-10H2,1H3. The highest BCUT2D eigenvalue weighted by Gasteiger charge is 2.36. The van der Waals surface area contributed by atoms with Crippen molar-refractivity contribution in [3.63, 3.8) is 0 Å². The van der Waals surface area contributed by atoms with Gasteiger partial charge in [0.15, 0.2) is 5.76 Å². The zero-order valence-electron chi connectivity index (χ0n) is 12.7. The Bertz CT molecular complexity index is 699. The molecule has 2 atom stereocenters. The van der Waals surface area contributed by atoms with Crippen LogP contribution >= 0.6 is 0 Å². The molecule has 0 radical (unpaired) electrons. The van der Waals surface area contributed by atoms with Crippen LogP contribution in [0.5, 0.6) is 0 Å². The normalized spacial score (nSPS) is 20.9. The summed E-state index contributed by atoms with van der Waals surface area (Å²) in [4.78, 5) is 14.2. The average molecular weight is 319 g/mol. The Morgan fingerprint density at radius 3 is 3.00 bits per heavy atom. The molecule has 122 valence electrons. The summed E-state index contributed by atoms with van der Waals surface area (Å²) in [6, 6.07) is 8.99. The summed E-state index contributed by atoms with van der Waals surface area (Å²) < 4.78 is 23.9. The summed E-state index contributed by atoms with van der Waals surface area (Å²) in [6.45, 7) is 0.476. The number of hydrogen-bond acceptors (Lipinski definition) is 4. The molecule has 0 aliphatic carbocycles. The molecule has 5 nitrogen and oxygen atoms in total. The van der Waals surface area contributed by atoms with E-state index in [0.717, 1.165) is 0 Å². The summed E-state index contributed by atoms with van der Waals surface area (Å²) in [7, 11) is 1.54. The number of nitrogens with zero attached hydrogens (tertiary/aromatic N) is 1. The number of amides is 1. The fourth-order valence-corrected chi connectivity index (χ4v) is 2.92. The van der Waals surface area contributed by atoms with Crippen molar-refractivity contribution in [3.8, 4) is 0 Å². The van der Waals surface area contributed by atoms with Gasteiger partial charge in [-0.05, 0) is 36.2 Å². The van der Waals surface area contributed by atoms with Crippen LogP contribution in [0.1, 0.15) is 34.3 Å². The van der Waals surface area contributed by atoms with Crippen LogP contribution in [-0.2, 0) is 11.3 Å². The minimum absolute atomic E-state index is 0.188. The van der Waals surface area contributed by atoms with E-state index in [-0.39, 0.29) is 36.7 Å². The van der Waals surface area contributed by atoms with Gasteiger partial charge in [-0.25, -0.2) is 4.39 Å². The fraction of sp³-hybridized carbons (Fsp3) is 0.353. The molecule has 1 aromatic heterocycles. The number of carbonyl (C=O) groups excluding carboxylic acids is 1. The number of aliphatic hydroxyl groups excluding tert-OH is 1. The maximum atomic E-state index is 13.5. The smallest absolute Gasteiger partial charge is 0.290 e. The van der Waals surface area contributed by atoms with Crippen LogP contribution in [0.25, 0.3) is 0 Å². The number of rotatable bonds is 4. The van der Waals surface area contributed by atoms with Crippen LogP contribution in [0.3, 0.4) is 0 Å². The minimum atomic E-state index is -0.638.